The largest absolute Gasteiger partial charge is 0.492 e. The van der Waals surface area contributed by atoms with Crippen LogP contribution in [0.25, 0.3) is 0 Å². The van der Waals surface area contributed by atoms with Crippen molar-refractivity contribution in [3.05, 3.63) is 29.8 Å². The third-order valence-corrected chi connectivity index (χ3v) is 4.19. The van der Waals surface area contributed by atoms with Gasteiger partial charge in [-0.15, -0.1) is 0 Å². The van der Waals surface area contributed by atoms with E-state index in [0.29, 0.717) is 13.2 Å². The van der Waals surface area contributed by atoms with Crippen molar-refractivity contribution in [1.82, 2.24) is 5.32 Å². The molecule has 0 heterocycles. The van der Waals surface area contributed by atoms with E-state index in [9.17, 15) is 4.79 Å². The number of unbranched alkanes of at least 4 members (excludes halogenated alkanes) is 2. The van der Waals surface area contributed by atoms with Crippen molar-refractivity contribution in [2.75, 3.05) is 26.3 Å². The third-order valence-electron chi connectivity index (χ3n) is 4.19. The topological polar surface area (TPSA) is 47.6 Å². The van der Waals surface area contributed by atoms with Gasteiger partial charge in [-0.3, -0.25) is 4.79 Å². The molecule has 1 atom stereocenters. The Bertz CT molecular complexity index is 459. The summed E-state index contributed by atoms with van der Waals surface area (Å²) in [5, 5.41) is 3.36. The molecule has 1 aromatic carbocycles. The van der Waals surface area contributed by atoms with Gasteiger partial charge in [0.05, 0.1) is 12.5 Å². The third kappa shape index (κ3) is 9.49. The zero-order chi connectivity index (χ0) is 18.3. The molecule has 1 rings (SSSR count). The number of hydrogen-bond donors (Lipinski definition) is 1. The SMILES string of the molecule is CCCCNCCOc1ccc(CC(CCCC)C(=O)OCC)cc1. The molecule has 4 heteroatoms. The molecule has 0 aliphatic carbocycles. The Morgan fingerprint density at radius 3 is 2.40 bits per heavy atom. The van der Waals surface area contributed by atoms with Gasteiger partial charge in [0.15, 0.2) is 0 Å². The van der Waals surface area contributed by atoms with Gasteiger partial charge in [-0.05, 0) is 50.4 Å². The minimum Gasteiger partial charge on any atom is -0.492 e. The monoisotopic (exact) mass is 349 g/mol. The molecule has 25 heavy (non-hydrogen) atoms. The molecule has 0 aromatic heterocycles. The van der Waals surface area contributed by atoms with Gasteiger partial charge in [-0.25, -0.2) is 0 Å². The molecule has 0 fully saturated rings. The Morgan fingerprint density at radius 1 is 1.04 bits per heavy atom. The van der Waals surface area contributed by atoms with Crippen LogP contribution in [0.3, 0.4) is 0 Å². The van der Waals surface area contributed by atoms with Crippen molar-refractivity contribution in [2.24, 2.45) is 5.92 Å². The van der Waals surface area contributed by atoms with E-state index in [1.165, 1.54) is 12.8 Å². The van der Waals surface area contributed by atoms with Gasteiger partial charge < -0.3 is 14.8 Å². The minimum absolute atomic E-state index is 0.0468. The highest BCUT2D eigenvalue weighted by molar-refractivity contribution is 5.72. The summed E-state index contributed by atoms with van der Waals surface area (Å²) >= 11 is 0. The number of esters is 1. The second kappa shape index (κ2) is 13.7. The van der Waals surface area contributed by atoms with Gasteiger partial charge in [-0.1, -0.05) is 45.2 Å². The summed E-state index contributed by atoms with van der Waals surface area (Å²) in [7, 11) is 0. The summed E-state index contributed by atoms with van der Waals surface area (Å²) in [6.07, 6.45) is 6.17. The van der Waals surface area contributed by atoms with E-state index >= 15 is 0 Å². The first-order chi connectivity index (χ1) is 12.2. The fourth-order valence-electron chi connectivity index (χ4n) is 2.69. The number of hydrogen-bond acceptors (Lipinski definition) is 4. The lowest BCUT2D eigenvalue weighted by molar-refractivity contribution is -0.148. The Hall–Kier alpha value is -1.55. The summed E-state index contributed by atoms with van der Waals surface area (Å²) in [6.45, 7) is 9.22. The predicted octanol–water partition coefficient (Wildman–Crippen LogP) is 4.37. The van der Waals surface area contributed by atoms with Gasteiger partial charge in [0, 0.05) is 6.54 Å². The smallest absolute Gasteiger partial charge is 0.309 e. The van der Waals surface area contributed by atoms with Crippen LogP contribution in [0.1, 0.15) is 58.4 Å². The molecule has 0 bridgehead atoms. The van der Waals surface area contributed by atoms with Gasteiger partial charge in [0.25, 0.3) is 0 Å². The summed E-state index contributed by atoms with van der Waals surface area (Å²) < 4.78 is 11.0. The van der Waals surface area contributed by atoms with Crippen molar-refractivity contribution < 1.29 is 14.3 Å². The van der Waals surface area contributed by atoms with Crippen molar-refractivity contribution in [2.45, 2.75) is 59.3 Å². The number of rotatable bonds is 14. The van der Waals surface area contributed by atoms with Crippen molar-refractivity contribution in [1.29, 1.82) is 0 Å². The van der Waals surface area contributed by atoms with E-state index in [4.69, 9.17) is 9.47 Å². The predicted molar refractivity (Wildman–Crippen MR) is 103 cm³/mol. The van der Waals surface area contributed by atoms with E-state index in [1.54, 1.807) is 0 Å². The molecule has 1 N–H and O–H groups in total. The Labute approximate surface area is 153 Å². The number of nitrogens with one attached hydrogen (secondary N) is 1. The lowest BCUT2D eigenvalue weighted by Crippen LogP contribution is -2.22. The maximum absolute atomic E-state index is 12.1. The zero-order valence-corrected chi connectivity index (χ0v) is 16.2. The summed E-state index contributed by atoms with van der Waals surface area (Å²) in [4.78, 5) is 12.1. The number of ether oxygens (including phenoxy) is 2. The second-order valence-electron chi connectivity index (χ2n) is 6.39. The molecule has 0 radical (unpaired) electrons. The van der Waals surface area contributed by atoms with Crippen LogP contribution in [0, 0.1) is 5.92 Å². The molecule has 0 saturated heterocycles. The fraction of sp³-hybridized carbons (Fsp3) is 0.667. The number of carbonyl (C=O) groups excluding carboxylic acids is 1. The first-order valence-corrected chi connectivity index (χ1v) is 9.80. The van der Waals surface area contributed by atoms with Gasteiger partial charge >= 0.3 is 5.97 Å². The van der Waals surface area contributed by atoms with Crippen LogP contribution < -0.4 is 10.1 Å². The van der Waals surface area contributed by atoms with Crippen LogP contribution in [0.2, 0.25) is 0 Å². The lowest BCUT2D eigenvalue weighted by Gasteiger charge is -2.15. The summed E-state index contributed by atoms with van der Waals surface area (Å²) in [5.74, 6) is 0.756. The Balaban J connectivity index is 2.43. The second-order valence-corrected chi connectivity index (χ2v) is 6.39. The summed E-state index contributed by atoms with van der Waals surface area (Å²) in [5.41, 5.74) is 1.16. The standard InChI is InChI=1S/C21H35NO3/c1-4-7-9-19(21(23)24-6-3)17-18-10-12-20(13-11-18)25-16-15-22-14-8-5-2/h10-13,19,22H,4-9,14-17H2,1-3H3. The van der Waals surface area contributed by atoms with E-state index in [0.717, 1.165) is 50.1 Å². The van der Waals surface area contributed by atoms with Crippen molar-refractivity contribution in [3.8, 4) is 5.75 Å². The van der Waals surface area contributed by atoms with Crippen LogP contribution in [0.5, 0.6) is 5.75 Å². The van der Waals surface area contributed by atoms with Gasteiger partial charge in [-0.2, -0.15) is 0 Å². The Kier molecular flexibility index (Phi) is 11.8. The first-order valence-electron chi connectivity index (χ1n) is 9.80. The molecule has 142 valence electrons. The highest BCUT2D eigenvalue weighted by Gasteiger charge is 2.19. The minimum atomic E-state index is -0.0746. The van der Waals surface area contributed by atoms with Crippen molar-refractivity contribution >= 4 is 5.97 Å². The van der Waals surface area contributed by atoms with Gasteiger partial charge in [0.1, 0.15) is 12.4 Å². The molecule has 0 aliphatic rings. The molecule has 1 unspecified atom stereocenters. The number of carbonyl (C=O) groups is 1. The molecule has 4 nitrogen and oxygen atoms in total. The fourth-order valence-corrected chi connectivity index (χ4v) is 2.69. The molecular formula is C21H35NO3. The molecule has 0 aliphatic heterocycles. The normalized spacial score (nSPS) is 12.0. The van der Waals surface area contributed by atoms with E-state index < -0.39 is 0 Å². The zero-order valence-electron chi connectivity index (χ0n) is 16.2. The molecule has 1 aromatic rings. The van der Waals surface area contributed by atoms with E-state index in [1.807, 2.05) is 19.1 Å². The average molecular weight is 350 g/mol. The van der Waals surface area contributed by atoms with Crippen LogP contribution in [-0.4, -0.2) is 32.3 Å². The van der Waals surface area contributed by atoms with Crippen LogP contribution in [-0.2, 0) is 16.0 Å². The van der Waals surface area contributed by atoms with Crippen LogP contribution >= 0.6 is 0 Å². The highest BCUT2D eigenvalue weighted by Crippen LogP contribution is 2.19. The lowest BCUT2D eigenvalue weighted by atomic mass is 9.94. The quantitative estimate of drug-likeness (QED) is 0.400. The average Bonchev–Trinajstić information content (AvgIpc) is 2.63. The molecule has 0 spiro atoms. The highest BCUT2D eigenvalue weighted by atomic mass is 16.5. The van der Waals surface area contributed by atoms with E-state index in [2.05, 4.69) is 31.3 Å². The van der Waals surface area contributed by atoms with Gasteiger partial charge in [0.2, 0.25) is 0 Å². The maximum Gasteiger partial charge on any atom is 0.309 e. The molecule has 0 amide bonds. The van der Waals surface area contributed by atoms with E-state index in [-0.39, 0.29) is 11.9 Å². The maximum atomic E-state index is 12.1. The summed E-state index contributed by atoms with van der Waals surface area (Å²) in [6, 6.07) is 8.09. The first kappa shape index (κ1) is 21.5. The molecular weight excluding hydrogens is 314 g/mol. The molecule has 0 saturated carbocycles. The van der Waals surface area contributed by atoms with Crippen LogP contribution in [0.4, 0.5) is 0 Å². The van der Waals surface area contributed by atoms with Crippen molar-refractivity contribution in [3.63, 3.8) is 0 Å². The van der Waals surface area contributed by atoms with Crippen LogP contribution in [0.15, 0.2) is 24.3 Å². The number of benzene rings is 1. The Morgan fingerprint density at radius 2 is 1.76 bits per heavy atom.